The molecular formula is C16H21N3O4S. The summed E-state index contributed by atoms with van der Waals surface area (Å²) in [5.41, 5.74) is 1.71. The topological polar surface area (TPSA) is 75.3 Å². The molecule has 0 radical (unpaired) electrons. The molecule has 0 saturated carbocycles. The first kappa shape index (κ1) is 18.1. The van der Waals surface area contributed by atoms with Crippen LogP contribution in [0.4, 0.5) is 0 Å². The Morgan fingerprint density at radius 1 is 1.04 bits per heavy atom. The lowest BCUT2D eigenvalue weighted by Gasteiger charge is -2.05. The Balaban J connectivity index is 2.25. The van der Waals surface area contributed by atoms with Gasteiger partial charge in [0, 0.05) is 19.3 Å². The van der Waals surface area contributed by atoms with Gasteiger partial charge >= 0.3 is 11.9 Å². The number of aryl methyl sites for hydroxylation is 2. The van der Waals surface area contributed by atoms with Crippen LogP contribution in [0.5, 0.6) is 0 Å². The van der Waals surface area contributed by atoms with Crippen molar-refractivity contribution in [2.24, 2.45) is 0 Å². The Morgan fingerprint density at radius 2 is 1.58 bits per heavy atom. The van der Waals surface area contributed by atoms with Gasteiger partial charge in [0.1, 0.15) is 0 Å². The van der Waals surface area contributed by atoms with Gasteiger partial charge < -0.3 is 18.6 Å². The average Bonchev–Trinajstić information content (AvgIpc) is 2.83. The lowest BCUT2D eigenvalue weighted by molar-refractivity contribution is -0.144. The van der Waals surface area contributed by atoms with Crippen LogP contribution in [-0.2, 0) is 32.2 Å². The van der Waals surface area contributed by atoms with E-state index in [4.69, 9.17) is 21.7 Å². The fourth-order valence-electron chi connectivity index (χ4n) is 2.47. The zero-order chi connectivity index (χ0) is 17.5. The van der Waals surface area contributed by atoms with E-state index in [2.05, 4.69) is 4.98 Å². The van der Waals surface area contributed by atoms with Gasteiger partial charge in [0.05, 0.1) is 43.3 Å². The van der Waals surface area contributed by atoms with Crippen molar-refractivity contribution in [3.63, 3.8) is 0 Å². The first-order valence-corrected chi connectivity index (χ1v) is 8.33. The third-order valence-electron chi connectivity index (χ3n) is 3.51. The highest BCUT2D eigenvalue weighted by Gasteiger charge is 2.13. The molecule has 0 aliphatic carbocycles. The molecule has 0 unspecified atom stereocenters. The summed E-state index contributed by atoms with van der Waals surface area (Å²) in [6, 6.07) is 1.84. The lowest BCUT2D eigenvalue weighted by atomic mass is 10.3. The van der Waals surface area contributed by atoms with Gasteiger partial charge in [-0.25, -0.2) is 0 Å². The van der Waals surface area contributed by atoms with Gasteiger partial charge in [-0.05, 0) is 32.1 Å². The molecule has 24 heavy (non-hydrogen) atoms. The molecule has 8 heteroatoms. The minimum Gasteiger partial charge on any atom is -0.466 e. The Hall–Kier alpha value is -2.22. The van der Waals surface area contributed by atoms with Gasteiger partial charge in [-0.3, -0.25) is 14.6 Å². The molecule has 2 aromatic heterocycles. The zero-order valence-corrected chi connectivity index (χ0v) is 14.7. The molecule has 0 aliphatic heterocycles. The number of aromatic nitrogens is 3. The second kappa shape index (κ2) is 8.58. The fourth-order valence-corrected chi connectivity index (χ4v) is 2.85. The maximum absolute atomic E-state index is 11.6. The van der Waals surface area contributed by atoms with Crippen molar-refractivity contribution < 1.29 is 19.1 Å². The van der Waals surface area contributed by atoms with Crippen LogP contribution in [0.1, 0.15) is 26.7 Å². The maximum atomic E-state index is 11.6. The number of nitrogens with zero attached hydrogens (tertiary/aromatic N) is 3. The summed E-state index contributed by atoms with van der Waals surface area (Å²) >= 11 is 5.52. The van der Waals surface area contributed by atoms with E-state index in [0.717, 1.165) is 11.0 Å². The Labute approximate surface area is 145 Å². The summed E-state index contributed by atoms with van der Waals surface area (Å²) in [4.78, 5) is 27.3. The number of carbonyl (C=O) groups excluding carboxylic acids is 2. The van der Waals surface area contributed by atoms with Gasteiger partial charge in [-0.15, -0.1) is 0 Å². The van der Waals surface area contributed by atoms with Crippen LogP contribution in [0.15, 0.2) is 18.5 Å². The molecule has 0 fully saturated rings. The minimum absolute atomic E-state index is 0.230. The molecule has 0 amide bonds. The quantitative estimate of drug-likeness (QED) is 0.537. The van der Waals surface area contributed by atoms with Crippen LogP contribution in [0.2, 0.25) is 0 Å². The van der Waals surface area contributed by atoms with Crippen molar-refractivity contribution >= 4 is 35.2 Å². The van der Waals surface area contributed by atoms with Crippen molar-refractivity contribution in [1.82, 2.24) is 14.1 Å². The average molecular weight is 351 g/mol. The maximum Gasteiger partial charge on any atom is 0.307 e. The molecule has 2 rings (SSSR count). The SMILES string of the molecule is CCOC(=O)CCn1c(=S)n(CCC(=O)OCC)c2cnccc21. The van der Waals surface area contributed by atoms with E-state index in [0.29, 0.717) is 31.1 Å². The van der Waals surface area contributed by atoms with E-state index < -0.39 is 0 Å². The molecule has 0 atom stereocenters. The molecule has 7 nitrogen and oxygen atoms in total. The molecule has 0 aromatic carbocycles. The van der Waals surface area contributed by atoms with Crippen molar-refractivity contribution in [3.8, 4) is 0 Å². The number of hydrogen-bond acceptors (Lipinski definition) is 6. The van der Waals surface area contributed by atoms with Crippen LogP contribution in [0.3, 0.4) is 0 Å². The van der Waals surface area contributed by atoms with Gasteiger partial charge in [-0.1, -0.05) is 0 Å². The number of hydrogen-bond donors (Lipinski definition) is 0. The Bertz CT molecular complexity index is 719. The molecule has 0 aliphatic rings. The molecule has 130 valence electrons. The summed E-state index contributed by atoms with van der Waals surface area (Å²) in [6.07, 6.45) is 3.85. The fraction of sp³-hybridized carbons (Fsp3) is 0.500. The number of imidazole rings is 1. The lowest BCUT2D eigenvalue weighted by Crippen LogP contribution is -2.11. The van der Waals surface area contributed by atoms with E-state index in [-0.39, 0.29) is 24.8 Å². The highest BCUT2D eigenvalue weighted by Crippen LogP contribution is 2.18. The number of fused-ring (bicyclic) bond motifs is 1. The number of carbonyl (C=O) groups is 2. The molecular weight excluding hydrogens is 330 g/mol. The number of rotatable bonds is 8. The largest absolute Gasteiger partial charge is 0.466 e. The molecule has 0 bridgehead atoms. The third kappa shape index (κ3) is 4.19. The second-order valence-corrected chi connectivity index (χ2v) is 5.43. The minimum atomic E-state index is -0.268. The van der Waals surface area contributed by atoms with E-state index in [1.165, 1.54) is 0 Å². The van der Waals surface area contributed by atoms with Crippen LogP contribution >= 0.6 is 12.2 Å². The molecule has 2 aromatic rings. The van der Waals surface area contributed by atoms with Gasteiger partial charge in [0.25, 0.3) is 0 Å². The number of pyridine rings is 1. The van der Waals surface area contributed by atoms with Crippen LogP contribution in [0, 0.1) is 4.77 Å². The summed E-state index contributed by atoms with van der Waals surface area (Å²) in [7, 11) is 0. The molecule has 2 heterocycles. The monoisotopic (exact) mass is 351 g/mol. The van der Waals surface area contributed by atoms with Gasteiger partial charge in [0.2, 0.25) is 0 Å². The van der Waals surface area contributed by atoms with Crippen LogP contribution < -0.4 is 0 Å². The normalized spacial score (nSPS) is 10.8. The van der Waals surface area contributed by atoms with E-state index in [1.54, 1.807) is 26.2 Å². The van der Waals surface area contributed by atoms with E-state index in [1.807, 2.05) is 15.2 Å². The van der Waals surface area contributed by atoms with Crippen LogP contribution in [-0.4, -0.2) is 39.3 Å². The molecule has 0 spiro atoms. The third-order valence-corrected chi connectivity index (χ3v) is 3.95. The molecule has 0 saturated heterocycles. The van der Waals surface area contributed by atoms with Crippen LogP contribution in [0.25, 0.3) is 11.0 Å². The highest BCUT2D eigenvalue weighted by molar-refractivity contribution is 7.71. The van der Waals surface area contributed by atoms with Crippen molar-refractivity contribution in [2.75, 3.05) is 13.2 Å². The number of ether oxygens (including phenoxy) is 2. The molecule has 0 N–H and O–H groups in total. The summed E-state index contributed by atoms with van der Waals surface area (Å²) < 4.78 is 14.2. The smallest absolute Gasteiger partial charge is 0.307 e. The van der Waals surface area contributed by atoms with E-state index in [9.17, 15) is 9.59 Å². The highest BCUT2D eigenvalue weighted by atomic mass is 32.1. The zero-order valence-electron chi connectivity index (χ0n) is 13.9. The van der Waals surface area contributed by atoms with Gasteiger partial charge in [0.15, 0.2) is 4.77 Å². The van der Waals surface area contributed by atoms with Crippen molar-refractivity contribution in [3.05, 3.63) is 23.2 Å². The van der Waals surface area contributed by atoms with Gasteiger partial charge in [-0.2, -0.15) is 0 Å². The van der Waals surface area contributed by atoms with Crippen molar-refractivity contribution in [1.29, 1.82) is 0 Å². The van der Waals surface area contributed by atoms with E-state index >= 15 is 0 Å². The second-order valence-electron chi connectivity index (χ2n) is 5.06. The summed E-state index contributed by atoms with van der Waals surface area (Å²) in [5.74, 6) is -0.531. The Morgan fingerprint density at radius 3 is 2.12 bits per heavy atom. The standard InChI is InChI=1S/C16H21N3O4S/c1-3-22-14(20)6-9-18-12-5-8-17-11-13(12)19(16(18)24)10-7-15(21)23-4-2/h5,8,11H,3-4,6-7,9-10H2,1-2H3. The first-order chi connectivity index (χ1) is 11.6. The Kier molecular flexibility index (Phi) is 6.48. The van der Waals surface area contributed by atoms with Crippen molar-refractivity contribution in [2.45, 2.75) is 39.8 Å². The first-order valence-electron chi connectivity index (χ1n) is 7.92. The predicted molar refractivity (Wildman–Crippen MR) is 91.1 cm³/mol. The number of esters is 2. The predicted octanol–water partition coefficient (Wildman–Crippen LogP) is 2.47. The summed E-state index contributed by atoms with van der Waals surface area (Å²) in [5, 5.41) is 0. The summed E-state index contributed by atoms with van der Waals surface area (Å²) in [6.45, 7) is 5.09.